The summed E-state index contributed by atoms with van der Waals surface area (Å²) in [5.41, 5.74) is 0. The van der Waals surface area contributed by atoms with E-state index in [1.54, 1.807) is 0 Å². The molecule has 2 aliphatic heterocycles. The first-order valence-electron chi connectivity index (χ1n) is 9.80. The van der Waals surface area contributed by atoms with Crippen molar-refractivity contribution in [2.75, 3.05) is 32.8 Å². The van der Waals surface area contributed by atoms with E-state index in [1.165, 1.54) is 12.8 Å². The van der Waals surface area contributed by atoms with E-state index in [2.05, 4.69) is 20.9 Å². The van der Waals surface area contributed by atoms with Gasteiger partial charge in [-0.1, -0.05) is 0 Å². The molecule has 0 aromatic rings. The molecule has 0 bridgehead atoms. The Morgan fingerprint density at radius 3 is 2.62 bits per heavy atom. The molecule has 0 saturated carbocycles. The van der Waals surface area contributed by atoms with Crippen LogP contribution >= 0.6 is 0 Å². The highest BCUT2D eigenvalue weighted by atomic mass is 16.5. The van der Waals surface area contributed by atoms with Crippen LogP contribution in [0.1, 0.15) is 46.0 Å². The number of carbonyl (C=O) groups excluding carboxylic acids is 2. The Morgan fingerprint density at radius 1 is 1.23 bits per heavy atom. The molecule has 8 nitrogen and oxygen atoms in total. The lowest BCUT2D eigenvalue weighted by atomic mass is 9.97. The number of nitrogens with zero attached hydrogens (tertiary/aromatic N) is 1. The van der Waals surface area contributed by atoms with Crippen molar-refractivity contribution in [3.05, 3.63) is 0 Å². The Balaban J connectivity index is 1.68. The summed E-state index contributed by atoms with van der Waals surface area (Å²) < 4.78 is 5.84. The maximum atomic E-state index is 12.1. The molecule has 8 heteroatoms. The minimum Gasteiger partial charge on any atom is -0.394 e. The van der Waals surface area contributed by atoms with Crippen molar-refractivity contribution in [3.8, 4) is 0 Å². The van der Waals surface area contributed by atoms with Gasteiger partial charge < -0.3 is 30.7 Å². The second-order valence-corrected chi connectivity index (χ2v) is 7.54. The lowest BCUT2D eigenvalue weighted by Crippen LogP contribution is -2.54. The summed E-state index contributed by atoms with van der Waals surface area (Å²) >= 11 is 0. The maximum absolute atomic E-state index is 12.1. The molecule has 0 aromatic carbocycles. The normalized spacial score (nSPS) is 26.7. The third-order valence-electron chi connectivity index (χ3n) is 4.89. The first kappa shape index (κ1) is 20.9. The van der Waals surface area contributed by atoms with Crippen molar-refractivity contribution < 1.29 is 19.4 Å². The maximum Gasteiger partial charge on any atom is 0.315 e. The zero-order valence-electron chi connectivity index (χ0n) is 16.0. The van der Waals surface area contributed by atoms with Crippen LogP contribution in [0.4, 0.5) is 4.79 Å². The predicted molar refractivity (Wildman–Crippen MR) is 98.9 cm³/mol. The van der Waals surface area contributed by atoms with Crippen LogP contribution in [0, 0.1) is 0 Å². The van der Waals surface area contributed by atoms with Crippen molar-refractivity contribution in [3.63, 3.8) is 0 Å². The number of aliphatic hydroxyl groups is 1. The molecular weight excluding hydrogens is 336 g/mol. The number of carbonyl (C=O) groups is 2. The standard InChI is InChI=1S/C18H34N4O4/c1-13(2)20-18(25)21-15-6-5-14(26-16(15)12-23)11-17(24)19-7-10-22-8-3-4-9-22/h13-16,23H,3-12H2,1-2H3,(H,19,24)(H2,20,21,25)/t14-,15+,16-/m0/s1. The molecule has 4 N–H and O–H groups in total. The number of rotatable bonds is 8. The smallest absolute Gasteiger partial charge is 0.315 e. The van der Waals surface area contributed by atoms with Crippen LogP contribution in [0.2, 0.25) is 0 Å². The van der Waals surface area contributed by atoms with Gasteiger partial charge in [0.25, 0.3) is 0 Å². The van der Waals surface area contributed by atoms with Crippen LogP contribution < -0.4 is 16.0 Å². The number of urea groups is 1. The fourth-order valence-corrected chi connectivity index (χ4v) is 3.56. The van der Waals surface area contributed by atoms with Gasteiger partial charge in [0.05, 0.1) is 25.2 Å². The van der Waals surface area contributed by atoms with Gasteiger partial charge in [-0.25, -0.2) is 4.79 Å². The fourth-order valence-electron chi connectivity index (χ4n) is 3.56. The van der Waals surface area contributed by atoms with Crippen molar-refractivity contribution >= 4 is 11.9 Å². The van der Waals surface area contributed by atoms with E-state index in [4.69, 9.17) is 4.74 Å². The predicted octanol–water partition coefficient (Wildman–Crippen LogP) is 0.205. The van der Waals surface area contributed by atoms with Crippen LogP contribution in [0.3, 0.4) is 0 Å². The average Bonchev–Trinajstić information content (AvgIpc) is 3.08. The molecule has 0 radical (unpaired) electrons. The Hall–Kier alpha value is -1.38. The zero-order valence-corrected chi connectivity index (χ0v) is 16.0. The molecule has 0 unspecified atom stereocenters. The summed E-state index contributed by atoms with van der Waals surface area (Å²) in [6.45, 7) is 7.40. The monoisotopic (exact) mass is 370 g/mol. The molecule has 2 heterocycles. The van der Waals surface area contributed by atoms with Crippen LogP contribution in [0.5, 0.6) is 0 Å². The second-order valence-electron chi connectivity index (χ2n) is 7.54. The molecular formula is C18H34N4O4. The molecule has 0 aromatic heterocycles. The molecule has 3 atom stereocenters. The van der Waals surface area contributed by atoms with Crippen LogP contribution in [-0.4, -0.2) is 79.0 Å². The van der Waals surface area contributed by atoms with E-state index in [-0.39, 0.29) is 36.7 Å². The van der Waals surface area contributed by atoms with E-state index in [0.29, 0.717) is 25.8 Å². The van der Waals surface area contributed by atoms with Gasteiger partial charge in [-0.2, -0.15) is 0 Å². The van der Waals surface area contributed by atoms with Crippen molar-refractivity contribution in [1.29, 1.82) is 0 Å². The van der Waals surface area contributed by atoms with Gasteiger partial charge in [0.2, 0.25) is 5.91 Å². The van der Waals surface area contributed by atoms with Gasteiger partial charge in [-0.05, 0) is 52.6 Å². The van der Waals surface area contributed by atoms with E-state index < -0.39 is 6.10 Å². The lowest BCUT2D eigenvalue weighted by molar-refractivity contribution is -0.130. The summed E-state index contributed by atoms with van der Waals surface area (Å²) in [7, 11) is 0. The highest BCUT2D eigenvalue weighted by Gasteiger charge is 2.32. The summed E-state index contributed by atoms with van der Waals surface area (Å²) in [5.74, 6) is -0.0187. The minimum atomic E-state index is -0.482. The molecule has 2 saturated heterocycles. The third-order valence-corrected chi connectivity index (χ3v) is 4.89. The molecule has 0 aliphatic carbocycles. The largest absolute Gasteiger partial charge is 0.394 e. The molecule has 3 amide bonds. The first-order chi connectivity index (χ1) is 12.5. The summed E-state index contributed by atoms with van der Waals surface area (Å²) in [6, 6.07) is -0.456. The number of hydrogen-bond donors (Lipinski definition) is 4. The van der Waals surface area contributed by atoms with E-state index >= 15 is 0 Å². The van der Waals surface area contributed by atoms with Gasteiger partial charge in [-0.3, -0.25) is 4.79 Å². The van der Waals surface area contributed by atoms with Crippen molar-refractivity contribution in [1.82, 2.24) is 20.9 Å². The summed E-state index contributed by atoms with van der Waals surface area (Å²) in [4.78, 5) is 26.3. The zero-order chi connectivity index (χ0) is 18.9. The molecule has 2 fully saturated rings. The number of ether oxygens (including phenoxy) is 1. The van der Waals surface area contributed by atoms with E-state index in [9.17, 15) is 14.7 Å². The highest BCUT2D eigenvalue weighted by Crippen LogP contribution is 2.22. The minimum absolute atomic E-state index is 0.0187. The summed E-state index contributed by atoms with van der Waals surface area (Å²) in [5, 5.41) is 18.1. The quantitative estimate of drug-likeness (QED) is 0.489. The highest BCUT2D eigenvalue weighted by molar-refractivity contribution is 5.76. The number of aliphatic hydroxyl groups excluding tert-OH is 1. The van der Waals surface area contributed by atoms with Gasteiger partial charge in [0, 0.05) is 19.1 Å². The molecule has 2 rings (SSSR count). The van der Waals surface area contributed by atoms with Crippen molar-refractivity contribution in [2.45, 2.75) is 70.2 Å². The number of hydrogen-bond acceptors (Lipinski definition) is 5. The Morgan fingerprint density at radius 2 is 1.96 bits per heavy atom. The van der Waals surface area contributed by atoms with Gasteiger partial charge in [-0.15, -0.1) is 0 Å². The van der Waals surface area contributed by atoms with Crippen LogP contribution in [-0.2, 0) is 9.53 Å². The number of amides is 3. The number of nitrogens with one attached hydrogen (secondary N) is 3. The fraction of sp³-hybridized carbons (Fsp3) is 0.889. The molecule has 2 aliphatic rings. The molecule has 150 valence electrons. The van der Waals surface area contributed by atoms with Gasteiger partial charge >= 0.3 is 6.03 Å². The number of likely N-dealkylation sites (tertiary alicyclic amines) is 1. The molecule has 0 spiro atoms. The van der Waals surface area contributed by atoms with E-state index in [1.807, 2.05) is 13.8 Å². The van der Waals surface area contributed by atoms with Crippen LogP contribution in [0.15, 0.2) is 0 Å². The van der Waals surface area contributed by atoms with Gasteiger partial charge in [0.15, 0.2) is 0 Å². The lowest BCUT2D eigenvalue weighted by Gasteiger charge is -2.36. The Labute approximate surface area is 156 Å². The Kier molecular flexibility index (Phi) is 8.61. The Bertz CT molecular complexity index is 454. The summed E-state index contributed by atoms with van der Waals surface area (Å²) in [6.07, 6.45) is 3.45. The van der Waals surface area contributed by atoms with E-state index in [0.717, 1.165) is 19.6 Å². The van der Waals surface area contributed by atoms with Gasteiger partial charge in [0.1, 0.15) is 6.10 Å². The average molecular weight is 370 g/mol. The first-order valence-corrected chi connectivity index (χ1v) is 9.80. The SMILES string of the molecule is CC(C)NC(=O)N[C@@H]1CC[C@@H](CC(=O)NCCN2CCCC2)O[C@H]1CO. The topological polar surface area (TPSA) is 103 Å². The second kappa shape index (κ2) is 10.7. The third kappa shape index (κ3) is 7.09. The van der Waals surface area contributed by atoms with Crippen LogP contribution in [0.25, 0.3) is 0 Å². The van der Waals surface area contributed by atoms with Crippen molar-refractivity contribution in [2.24, 2.45) is 0 Å². The molecule has 26 heavy (non-hydrogen) atoms.